The predicted octanol–water partition coefficient (Wildman–Crippen LogP) is 0.766. The van der Waals surface area contributed by atoms with Crippen LogP contribution in [0, 0.1) is 0 Å². The average molecular weight is 144 g/mol. The van der Waals surface area contributed by atoms with E-state index in [1.807, 2.05) is 0 Å². The lowest BCUT2D eigenvalue weighted by atomic mass is 9.77. The highest BCUT2D eigenvalue weighted by Crippen LogP contribution is 2.35. The molecule has 0 spiro atoms. The molecule has 1 fully saturated rings. The molecule has 3 nitrogen and oxygen atoms in total. The van der Waals surface area contributed by atoms with Gasteiger partial charge >= 0.3 is 5.97 Å². The minimum absolute atomic E-state index is 0.0937. The third kappa shape index (κ3) is 1.70. The van der Waals surface area contributed by atoms with Crippen LogP contribution in [0.2, 0.25) is 0 Å². The zero-order chi connectivity index (χ0) is 7.61. The molecule has 0 unspecified atom stereocenters. The molecule has 3 heteroatoms. The lowest BCUT2D eigenvalue weighted by molar-refractivity contribution is -0.139. The fourth-order valence-electron chi connectivity index (χ4n) is 1.17. The van der Waals surface area contributed by atoms with E-state index in [0.717, 1.165) is 19.3 Å². The largest absolute Gasteiger partial charge is 0.481 e. The van der Waals surface area contributed by atoms with E-state index in [1.54, 1.807) is 0 Å². The quantitative estimate of drug-likeness (QED) is 0.615. The van der Waals surface area contributed by atoms with E-state index in [2.05, 4.69) is 0 Å². The van der Waals surface area contributed by atoms with Crippen LogP contribution in [0.15, 0.2) is 0 Å². The van der Waals surface area contributed by atoms with Gasteiger partial charge in [-0.3, -0.25) is 4.79 Å². The number of carboxylic acid groups (broad SMARTS) is 1. The molecule has 0 aromatic rings. The van der Waals surface area contributed by atoms with Gasteiger partial charge in [0.05, 0.1) is 5.60 Å². The highest BCUT2D eigenvalue weighted by molar-refractivity contribution is 5.66. The summed E-state index contributed by atoms with van der Waals surface area (Å²) in [7, 11) is 0. The Hall–Kier alpha value is -0.570. The fourth-order valence-corrected chi connectivity index (χ4v) is 1.17. The molecule has 0 aliphatic heterocycles. The molecule has 1 aliphatic rings. The van der Waals surface area contributed by atoms with Crippen molar-refractivity contribution in [1.29, 1.82) is 0 Å². The number of aliphatic carboxylic acids is 1. The summed E-state index contributed by atoms with van der Waals surface area (Å²) in [6.45, 7) is 0. The van der Waals surface area contributed by atoms with Gasteiger partial charge in [0, 0.05) is 6.42 Å². The molecule has 1 saturated carbocycles. The summed E-state index contributed by atoms with van der Waals surface area (Å²) in [6, 6.07) is 0. The van der Waals surface area contributed by atoms with Crippen molar-refractivity contribution in [3.8, 4) is 0 Å². The average Bonchev–Trinajstić information content (AvgIpc) is 1.79. The molecule has 1 aliphatic carbocycles. The summed E-state index contributed by atoms with van der Waals surface area (Å²) in [4.78, 5) is 10.1. The monoisotopic (exact) mass is 144 g/mol. The first-order valence-corrected chi connectivity index (χ1v) is 3.57. The Morgan fingerprint density at radius 1 is 1.50 bits per heavy atom. The van der Waals surface area contributed by atoms with Crippen molar-refractivity contribution in [2.45, 2.75) is 37.7 Å². The summed E-state index contributed by atoms with van der Waals surface area (Å²) in [6.07, 6.45) is 3.11. The van der Waals surface area contributed by atoms with E-state index in [0.29, 0.717) is 6.42 Å². The van der Waals surface area contributed by atoms with Crippen LogP contribution in [0.4, 0.5) is 0 Å². The van der Waals surface area contributed by atoms with Crippen molar-refractivity contribution in [1.82, 2.24) is 0 Å². The van der Waals surface area contributed by atoms with Crippen LogP contribution < -0.4 is 0 Å². The molecule has 0 bridgehead atoms. The fraction of sp³-hybridized carbons (Fsp3) is 0.857. The Balaban J connectivity index is 2.18. The summed E-state index contributed by atoms with van der Waals surface area (Å²) >= 11 is 0. The Morgan fingerprint density at radius 2 is 2.10 bits per heavy atom. The molecule has 2 N–H and O–H groups in total. The van der Waals surface area contributed by atoms with E-state index in [-0.39, 0.29) is 6.42 Å². The maximum absolute atomic E-state index is 10.1. The van der Waals surface area contributed by atoms with Gasteiger partial charge in [-0.25, -0.2) is 0 Å². The standard InChI is InChI=1S/C7H12O3/c8-6(9)2-5-7(10)3-1-4-7/h10H,1-5H2,(H,8,9). The van der Waals surface area contributed by atoms with E-state index in [9.17, 15) is 9.90 Å². The van der Waals surface area contributed by atoms with Crippen molar-refractivity contribution in [2.24, 2.45) is 0 Å². The highest BCUT2D eigenvalue weighted by Gasteiger charge is 2.34. The van der Waals surface area contributed by atoms with Crippen LogP contribution in [0.1, 0.15) is 32.1 Å². The van der Waals surface area contributed by atoms with Crippen molar-refractivity contribution >= 4 is 5.97 Å². The Bertz CT molecular complexity index is 138. The number of carbonyl (C=O) groups is 1. The second kappa shape index (κ2) is 2.58. The van der Waals surface area contributed by atoms with Crippen LogP contribution in [0.5, 0.6) is 0 Å². The van der Waals surface area contributed by atoms with E-state index in [1.165, 1.54) is 0 Å². The predicted molar refractivity (Wildman–Crippen MR) is 35.7 cm³/mol. The first-order valence-electron chi connectivity index (χ1n) is 3.57. The Morgan fingerprint density at radius 3 is 2.40 bits per heavy atom. The third-order valence-electron chi connectivity index (χ3n) is 2.09. The topological polar surface area (TPSA) is 57.5 Å². The van der Waals surface area contributed by atoms with Crippen molar-refractivity contribution in [3.63, 3.8) is 0 Å². The Kier molecular flexibility index (Phi) is 1.94. The van der Waals surface area contributed by atoms with Gasteiger partial charge < -0.3 is 10.2 Å². The Labute approximate surface area is 59.7 Å². The van der Waals surface area contributed by atoms with Crippen LogP contribution in [-0.2, 0) is 4.79 Å². The van der Waals surface area contributed by atoms with Crippen LogP contribution >= 0.6 is 0 Å². The molecule has 0 atom stereocenters. The van der Waals surface area contributed by atoms with E-state index >= 15 is 0 Å². The molecule has 0 amide bonds. The molecule has 1 rings (SSSR count). The number of aliphatic hydroxyl groups is 1. The molecule has 58 valence electrons. The SMILES string of the molecule is O=C(O)CCC1(O)CCC1. The van der Waals surface area contributed by atoms with Crippen LogP contribution in [0.3, 0.4) is 0 Å². The second-order valence-electron chi connectivity index (χ2n) is 2.97. The lowest BCUT2D eigenvalue weighted by Gasteiger charge is -2.36. The van der Waals surface area contributed by atoms with Gasteiger partial charge in [-0.2, -0.15) is 0 Å². The number of carboxylic acids is 1. The smallest absolute Gasteiger partial charge is 0.303 e. The number of hydrogen-bond donors (Lipinski definition) is 2. The van der Waals surface area contributed by atoms with Crippen molar-refractivity contribution in [2.75, 3.05) is 0 Å². The summed E-state index contributed by atoms with van der Waals surface area (Å²) < 4.78 is 0. The van der Waals surface area contributed by atoms with Crippen LogP contribution in [-0.4, -0.2) is 21.8 Å². The van der Waals surface area contributed by atoms with Gasteiger partial charge in [0.15, 0.2) is 0 Å². The lowest BCUT2D eigenvalue weighted by Crippen LogP contribution is -2.36. The first kappa shape index (κ1) is 7.54. The van der Waals surface area contributed by atoms with Gasteiger partial charge in [0.25, 0.3) is 0 Å². The molecule has 0 radical (unpaired) electrons. The molecule has 10 heavy (non-hydrogen) atoms. The van der Waals surface area contributed by atoms with Crippen molar-refractivity contribution < 1.29 is 15.0 Å². The van der Waals surface area contributed by atoms with Gasteiger partial charge in [-0.05, 0) is 25.7 Å². The number of hydrogen-bond acceptors (Lipinski definition) is 2. The van der Waals surface area contributed by atoms with Gasteiger partial charge in [-0.1, -0.05) is 0 Å². The minimum atomic E-state index is -0.819. The molecular weight excluding hydrogens is 132 g/mol. The van der Waals surface area contributed by atoms with Gasteiger partial charge in [0.2, 0.25) is 0 Å². The maximum Gasteiger partial charge on any atom is 0.303 e. The normalized spacial score (nSPS) is 21.7. The molecule has 0 heterocycles. The van der Waals surface area contributed by atoms with E-state index < -0.39 is 11.6 Å². The van der Waals surface area contributed by atoms with E-state index in [4.69, 9.17) is 5.11 Å². The summed E-state index contributed by atoms with van der Waals surface area (Å²) in [5.41, 5.74) is -0.627. The first-order chi connectivity index (χ1) is 4.62. The summed E-state index contributed by atoms with van der Waals surface area (Å²) in [5, 5.41) is 17.7. The summed E-state index contributed by atoms with van der Waals surface area (Å²) in [5.74, 6) is -0.819. The molecule has 0 saturated heterocycles. The molecule has 0 aromatic carbocycles. The highest BCUT2D eigenvalue weighted by atomic mass is 16.4. The third-order valence-corrected chi connectivity index (χ3v) is 2.09. The maximum atomic E-state index is 10.1. The van der Waals surface area contributed by atoms with Crippen LogP contribution in [0.25, 0.3) is 0 Å². The van der Waals surface area contributed by atoms with Crippen molar-refractivity contribution in [3.05, 3.63) is 0 Å². The molecule has 0 aromatic heterocycles. The van der Waals surface area contributed by atoms with Gasteiger partial charge in [0.1, 0.15) is 0 Å². The van der Waals surface area contributed by atoms with Gasteiger partial charge in [-0.15, -0.1) is 0 Å². The second-order valence-corrected chi connectivity index (χ2v) is 2.97. The number of rotatable bonds is 3. The molecular formula is C7H12O3. The minimum Gasteiger partial charge on any atom is -0.481 e. The zero-order valence-corrected chi connectivity index (χ0v) is 5.84. The zero-order valence-electron chi connectivity index (χ0n) is 5.84.